The van der Waals surface area contributed by atoms with Gasteiger partial charge in [-0.25, -0.2) is 0 Å². The van der Waals surface area contributed by atoms with Crippen LogP contribution in [0.5, 0.6) is 0 Å². The predicted octanol–water partition coefficient (Wildman–Crippen LogP) is 3.97. The molecule has 0 aliphatic carbocycles. The van der Waals surface area contributed by atoms with Gasteiger partial charge in [0, 0.05) is 6.42 Å². The zero-order chi connectivity index (χ0) is 19.2. The number of unbranched alkanes of at least 4 members (excludes halogenated alkanes) is 13. The summed E-state index contributed by atoms with van der Waals surface area (Å²) >= 11 is 0. The minimum atomic E-state index is -1.28. The van der Waals surface area contributed by atoms with Gasteiger partial charge in [-0.15, -0.1) is 0 Å². The molecule has 1 unspecified atom stereocenters. The van der Waals surface area contributed by atoms with Gasteiger partial charge in [-0.2, -0.15) is 0 Å². The zero-order valence-corrected chi connectivity index (χ0v) is 17.4. The van der Waals surface area contributed by atoms with Crippen molar-refractivity contribution in [3.05, 3.63) is 0 Å². The van der Waals surface area contributed by atoms with E-state index in [9.17, 15) is 9.90 Å². The lowest BCUT2D eigenvalue weighted by molar-refractivity contribution is -0.916. The Morgan fingerprint density at radius 2 is 1.08 bits per heavy atom. The first kappa shape index (κ1) is 24.4. The van der Waals surface area contributed by atoms with E-state index >= 15 is 0 Å². The third kappa shape index (κ3) is 10.9. The number of carbonyl (C=O) groups is 1. The van der Waals surface area contributed by atoms with E-state index in [-0.39, 0.29) is 4.48 Å². The highest BCUT2D eigenvalue weighted by atomic mass is 16.4. The molecule has 0 aliphatic heterocycles. The van der Waals surface area contributed by atoms with E-state index in [0.717, 1.165) is 12.8 Å². The van der Waals surface area contributed by atoms with Crippen LogP contribution in [-0.4, -0.2) is 37.3 Å². The molecule has 0 heterocycles. The van der Waals surface area contributed by atoms with Crippen molar-refractivity contribution in [3.8, 4) is 0 Å². The lowest BCUT2D eigenvalue weighted by atomic mass is 9.98. The molecule has 0 rings (SSSR count). The van der Waals surface area contributed by atoms with Crippen LogP contribution >= 0.6 is 0 Å². The zero-order valence-electron chi connectivity index (χ0n) is 17.4. The summed E-state index contributed by atoms with van der Waals surface area (Å²) in [6.45, 7) is 2.26. The molecule has 0 saturated heterocycles. The second-order valence-corrected chi connectivity index (χ2v) is 8.57. The summed E-state index contributed by atoms with van der Waals surface area (Å²) in [5.74, 6) is -1.14. The molecule has 0 aromatic rings. The van der Waals surface area contributed by atoms with Gasteiger partial charge < -0.3 is 14.4 Å². The number of carboxylic acids is 1. The van der Waals surface area contributed by atoms with Gasteiger partial charge in [0.2, 0.25) is 0 Å². The maximum absolute atomic E-state index is 11.4. The topological polar surface area (TPSA) is 66.2 Å². The monoisotopic (exact) mass is 356 g/mol. The Labute approximate surface area is 156 Å². The van der Waals surface area contributed by atoms with Crippen LogP contribution in [0, 0.1) is 0 Å². The van der Waals surface area contributed by atoms with Gasteiger partial charge in [-0.1, -0.05) is 90.4 Å². The number of nitrogens with two attached hydrogens (primary N) is 1. The van der Waals surface area contributed by atoms with Crippen molar-refractivity contribution in [2.24, 2.45) is 5.73 Å². The summed E-state index contributed by atoms with van der Waals surface area (Å²) in [4.78, 5) is 11.4. The summed E-state index contributed by atoms with van der Waals surface area (Å²) in [5, 5.41) is 11.4. The number of likely N-dealkylation sites (N-methyl/N-ethyl adjacent to an activating group) is 1. The second kappa shape index (κ2) is 13.6. The van der Waals surface area contributed by atoms with E-state index in [4.69, 9.17) is 5.73 Å². The van der Waals surface area contributed by atoms with Crippen LogP contribution in [0.25, 0.3) is 0 Å². The number of rotatable bonds is 17. The Hall–Kier alpha value is -0.610. The Balaban J connectivity index is 3.51. The molecule has 0 fully saturated rings. The van der Waals surface area contributed by atoms with Crippen LogP contribution in [0.3, 0.4) is 0 Å². The fourth-order valence-electron chi connectivity index (χ4n) is 3.30. The number of carbonyl (C=O) groups excluding carboxylic acids is 1. The van der Waals surface area contributed by atoms with E-state index in [2.05, 4.69) is 6.92 Å². The fourth-order valence-corrected chi connectivity index (χ4v) is 3.30. The predicted molar refractivity (Wildman–Crippen MR) is 105 cm³/mol. The van der Waals surface area contributed by atoms with Gasteiger partial charge in [0.15, 0.2) is 5.66 Å². The highest BCUT2D eigenvalue weighted by Crippen LogP contribution is 2.21. The van der Waals surface area contributed by atoms with E-state index in [1.165, 1.54) is 77.0 Å². The van der Waals surface area contributed by atoms with Crippen molar-refractivity contribution in [2.45, 2.75) is 109 Å². The molecule has 4 heteroatoms. The van der Waals surface area contributed by atoms with Crippen molar-refractivity contribution in [1.82, 2.24) is 0 Å². The van der Waals surface area contributed by atoms with Crippen molar-refractivity contribution in [1.29, 1.82) is 0 Å². The van der Waals surface area contributed by atoms with Crippen LogP contribution in [0.4, 0.5) is 0 Å². The van der Waals surface area contributed by atoms with Crippen molar-refractivity contribution in [2.75, 3.05) is 21.1 Å². The molecule has 1 atom stereocenters. The number of hydrogen-bond acceptors (Lipinski definition) is 3. The third-order valence-corrected chi connectivity index (χ3v) is 5.46. The maximum atomic E-state index is 11.4. The van der Waals surface area contributed by atoms with Crippen molar-refractivity contribution >= 4 is 5.97 Å². The number of nitrogens with zero attached hydrogens (tertiary/aromatic N) is 1. The van der Waals surface area contributed by atoms with Crippen LogP contribution in [0.15, 0.2) is 0 Å². The van der Waals surface area contributed by atoms with Crippen molar-refractivity contribution < 1.29 is 14.4 Å². The molecule has 0 aromatic carbocycles. The normalized spacial score (nSPS) is 14.4. The fraction of sp³-hybridized carbons (Fsp3) is 0.952. The van der Waals surface area contributed by atoms with Crippen LogP contribution in [0.2, 0.25) is 0 Å². The van der Waals surface area contributed by atoms with E-state index in [1.807, 2.05) is 21.1 Å². The highest BCUT2D eigenvalue weighted by Gasteiger charge is 2.40. The third-order valence-electron chi connectivity index (χ3n) is 5.46. The van der Waals surface area contributed by atoms with Gasteiger partial charge in [0.1, 0.15) is 5.97 Å². The van der Waals surface area contributed by atoms with Gasteiger partial charge in [-0.05, 0) is 6.42 Å². The maximum Gasteiger partial charge on any atom is 0.190 e. The van der Waals surface area contributed by atoms with E-state index in [0.29, 0.717) is 6.42 Å². The first-order chi connectivity index (χ1) is 11.8. The van der Waals surface area contributed by atoms with E-state index < -0.39 is 11.6 Å². The first-order valence-electron chi connectivity index (χ1n) is 10.6. The number of aliphatic carboxylic acids is 1. The molecule has 150 valence electrons. The largest absolute Gasteiger partial charge is 0.543 e. The van der Waals surface area contributed by atoms with Gasteiger partial charge in [0.05, 0.1) is 21.1 Å². The van der Waals surface area contributed by atoms with Crippen LogP contribution in [-0.2, 0) is 4.79 Å². The molecule has 0 radical (unpaired) electrons. The summed E-state index contributed by atoms with van der Waals surface area (Å²) in [5.41, 5.74) is 4.79. The molecule has 2 N–H and O–H groups in total. The average Bonchev–Trinajstić information content (AvgIpc) is 2.53. The van der Waals surface area contributed by atoms with Gasteiger partial charge >= 0.3 is 0 Å². The molecule has 0 bridgehead atoms. The molecule has 25 heavy (non-hydrogen) atoms. The minimum Gasteiger partial charge on any atom is -0.543 e. The molecular formula is C21H44N2O2. The summed E-state index contributed by atoms with van der Waals surface area (Å²) in [6.07, 6.45) is 18.6. The quantitative estimate of drug-likeness (QED) is 0.244. The lowest BCUT2D eigenvalue weighted by Gasteiger charge is -2.43. The molecule has 4 nitrogen and oxygen atoms in total. The standard InChI is InChI=1S/C21H44N2O2/c1-5-6-7-8-9-10-11-12-13-14-15-16-17-18-19-21(22,20(24)25)23(2,3)4/h5-19,22H2,1-4H3. The van der Waals surface area contributed by atoms with Crippen LogP contribution in [0.1, 0.15) is 103 Å². The minimum absolute atomic E-state index is 0.202. The van der Waals surface area contributed by atoms with Crippen molar-refractivity contribution in [3.63, 3.8) is 0 Å². The number of hydrogen-bond donors (Lipinski definition) is 1. The van der Waals surface area contributed by atoms with Gasteiger partial charge in [-0.3, -0.25) is 5.73 Å². The Bertz CT molecular complexity index is 339. The Kier molecular flexibility index (Phi) is 13.2. The molecule has 0 aromatic heterocycles. The Morgan fingerprint density at radius 3 is 1.36 bits per heavy atom. The molecule has 0 amide bonds. The number of carboxylic acid groups (broad SMARTS) is 1. The molecule has 0 saturated carbocycles. The smallest absolute Gasteiger partial charge is 0.190 e. The second-order valence-electron chi connectivity index (χ2n) is 8.57. The molecular weight excluding hydrogens is 312 g/mol. The van der Waals surface area contributed by atoms with Crippen LogP contribution < -0.4 is 10.8 Å². The number of quaternary nitrogens is 1. The summed E-state index contributed by atoms with van der Waals surface area (Å²) in [7, 11) is 5.46. The SMILES string of the molecule is CCCCCCCCCCCCCCCCC(N)(C(=O)[O-])[N+](C)(C)C. The first-order valence-corrected chi connectivity index (χ1v) is 10.6. The molecule has 0 spiro atoms. The Morgan fingerprint density at radius 1 is 0.760 bits per heavy atom. The van der Waals surface area contributed by atoms with E-state index in [1.54, 1.807) is 0 Å². The highest BCUT2D eigenvalue weighted by molar-refractivity contribution is 5.74. The summed E-state index contributed by atoms with van der Waals surface area (Å²) in [6, 6.07) is 0. The average molecular weight is 357 g/mol. The van der Waals surface area contributed by atoms with Gasteiger partial charge in [0.25, 0.3) is 0 Å². The molecule has 0 aliphatic rings. The summed E-state index contributed by atoms with van der Waals surface area (Å²) < 4.78 is 0.202. The lowest BCUT2D eigenvalue weighted by Crippen LogP contribution is -2.71.